The maximum Gasteiger partial charge on any atom is 0.188 e. The second-order valence-electron chi connectivity index (χ2n) is 7.27. The summed E-state index contributed by atoms with van der Waals surface area (Å²) in [5, 5.41) is 6.75. The molecule has 0 aliphatic heterocycles. The SMILES string of the molecule is CCCCC#Cc1cc(=O)c2c3c(=O)ccc4cccc(c5cccc1c52)c43. The molecule has 0 saturated carbocycles. The number of unbranched alkanes of at least 4 members (excludes halogenated alkanes) is 2. The maximum atomic E-state index is 13.2. The summed E-state index contributed by atoms with van der Waals surface area (Å²) < 4.78 is 0. The highest BCUT2D eigenvalue weighted by Gasteiger charge is 2.18. The van der Waals surface area contributed by atoms with Crippen LogP contribution in [-0.2, 0) is 0 Å². The summed E-state index contributed by atoms with van der Waals surface area (Å²) in [6.45, 7) is 2.14. The van der Waals surface area contributed by atoms with Gasteiger partial charge in [-0.2, -0.15) is 0 Å². The van der Waals surface area contributed by atoms with Gasteiger partial charge in [0.2, 0.25) is 0 Å². The summed E-state index contributed by atoms with van der Waals surface area (Å²) >= 11 is 0. The van der Waals surface area contributed by atoms with Crippen LogP contribution in [-0.4, -0.2) is 0 Å². The highest BCUT2D eigenvalue weighted by Crippen LogP contribution is 2.38. The molecular formula is C26H18O2. The van der Waals surface area contributed by atoms with Gasteiger partial charge >= 0.3 is 0 Å². The molecule has 5 rings (SSSR count). The van der Waals surface area contributed by atoms with Crippen molar-refractivity contribution >= 4 is 43.1 Å². The van der Waals surface area contributed by atoms with E-state index in [9.17, 15) is 9.59 Å². The minimum Gasteiger partial charge on any atom is -0.289 e. The first-order valence-corrected chi connectivity index (χ1v) is 9.69. The third-order valence-electron chi connectivity index (χ3n) is 5.55. The number of fused-ring (bicyclic) bond motifs is 2. The van der Waals surface area contributed by atoms with E-state index in [1.807, 2.05) is 42.5 Å². The average Bonchev–Trinajstić information content (AvgIpc) is 2.71. The highest BCUT2D eigenvalue weighted by atomic mass is 16.1. The van der Waals surface area contributed by atoms with Gasteiger partial charge in [0.25, 0.3) is 0 Å². The fourth-order valence-electron chi connectivity index (χ4n) is 4.28. The van der Waals surface area contributed by atoms with Crippen molar-refractivity contribution in [2.24, 2.45) is 0 Å². The van der Waals surface area contributed by atoms with Gasteiger partial charge in [-0.3, -0.25) is 9.59 Å². The monoisotopic (exact) mass is 362 g/mol. The van der Waals surface area contributed by atoms with Crippen LogP contribution in [0.5, 0.6) is 0 Å². The zero-order valence-electron chi connectivity index (χ0n) is 15.6. The van der Waals surface area contributed by atoms with Gasteiger partial charge in [-0.1, -0.05) is 67.6 Å². The smallest absolute Gasteiger partial charge is 0.188 e. The summed E-state index contributed by atoms with van der Waals surface area (Å²) in [7, 11) is 0. The van der Waals surface area contributed by atoms with Crippen LogP contribution in [0, 0.1) is 11.8 Å². The van der Waals surface area contributed by atoms with Gasteiger partial charge < -0.3 is 0 Å². The van der Waals surface area contributed by atoms with E-state index in [-0.39, 0.29) is 10.9 Å². The Hall–Kier alpha value is -3.44. The van der Waals surface area contributed by atoms with Gasteiger partial charge in [0, 0.05) is 39.6 Å². The molecule has 0 amide bonds. The van der Waals surface area contributed by atoms with Crippen molar-refractivity contribution in [3.8, 4) is 11.8 Å². The van der Waals surface area contributed by atoms with Crippen LogP contribution in [0.4, 0.5) is 0 Å². The molecule has 0 atom stereocenters. The van der Waals surface area contributed by atoms with Crippen molar-refractivity contribution in [1.82, 2.24) is 0 Å². The Morgan fingerprint density at radius 1 is 0.750 bits per heavy atom. The first-order chi connectivity index (χ1) is 13.7. The number of rotatable bonds is 2. The third kappa shape index (κ3) is 2.30. The van der Waals surface area contributed by atoms with Crippen LogP contribution in [0.25, 0.3) is 43.1 Å². The van der Waals surface area contributed by atoms with Gasteiger partial charge in [0.15, 0.2) is 10.9 Å². The van der Waals surface area contributed by atoms with Crippen molar-refractivity contribution in [3.05, 3.63) is 80.6 Å². The maximum absolute atomic E-state index is 13.2. The third-order valence-corrected chi connectivity index (χ3v) is 5.55. The van der Waals surface area contributed by atoms with E-state index in [1.54, 1.807) is 12.1 Å². The summed E-state index contributed by atoms with van der Waals surface area (Å²) in [6, 6.07) is 17.1. The van der Waals surface area contributed by atoms with Crippen molar-refractivity contribution in [3.63, 3.8) is 0 Å². The molecule has 5 aromatic rings. The van der Waals surface area contributed by atoms with Gasteiger partial charge in [0.05, 0.1) is 0 Å². The Morgan fingerprint density at radius 3 is 2.29 bits per heavy atom. The summed E-state index contributed by atoms with van der Waals surface area (Å²) in [6.07, 6.45) is 2.96. The van der Waals surface area contributed by atoms with Crippen LogP contribution in [0.2, 0.25) is 0 Å². The van der Waals surface area contributed by atoms with Crippen molar-refractivity contribution in [2.45, 2.75) is 26.2 Å². The van der Waals surface area contributed by atoms with Gasteiger partial charge in [-0.15, -0.1) is 0 Å². The molecule has 2 heteroatoms. The largest absolute Gasteiger partial charge is 0.289 e. The van der Waals surface area contributed by atoms with Crippen LogP contribution in [0.3, 0.4) is 0 Å². The molecule has 0 aliphatic carbocycles. The quantitative estimate of drug-likeness (QED) is 0.181. The summed E-state index contributed by atoms with van der Waals surface area (Å²) in [5.74, 6) is 6.40. The van der Waals surface area contributed by atoms with E-state index in [1.165, 1.54) is 0 Å². The Morgan fingerprint density at radius 2 is 1.46 bits per heavy atom. The van der Waals surface area contributed by atoms with Crippen molar-refractivity contribution < 1.29 is 0 Å². The molecule has 5 aromatic carbocycles. The molecule has 2 nitrogen and oxygen atoms in total. The second kappa shape index (κ2) is 6.32. The second-order valence-corrected chi connectivity index (χ2v) is 7.27. The first kappa shape index (κ1) is 16.7. The van der Waals surface area contributed by atoms with E-state index in [0.717, 1.165) is 57.1 Å². The lowest BCUT2D eigenvalue weighted by Gasteiger charge is -2.13. The lowest BCUT2D eigenvalue weighted by molar-refractivity contribution is 0.828. The zero-order chi connectivity index (χ0) is 19.3. The minimum atomic E-state index is -0.126. The van der Waals surface area contributed by atoms with Crippen molar-refractivity contribution in [2.75, 3.05) is 0 Å². The van der Waals surface area contributed by atoms with E-state index < -0.39 is 0 Å². The van der Waals surface area contributed by atoms with Gasteiger partial charge in [-0.05, 0) is 34.0 Å². The molecule has 28 heavy (non-hydrogen) atoms. The Labute approximate surface area is 162 Å². The number of hydrogen-bond donors (Lipinski definition) is 0. The molecule has 0 radical (unpaired) electrons. The van der Waals surface area contributed by atoms with E-state index in [2.05, 4.69) is 18.8 Å². The first-order valence-electron chi connectivity index (χ1n) is 9.69. The number of benzene rings is 5. The normalized spacial score (nSPS) is 11.5. The molecule has 0 unspecified atom stereocenters. The van der Waals surface area contributed by atoms with Crippen LogP contribution >= 0.6 is 0 Å². The van der Waals surface area contributed by atoms with E-state index in [4.69, 9.17) is 0 Å². The molecule has 0 N–H and O–H groups in total. The van der Waals surface area contributed by atoms with E-state index in [0.29, 0.717) is 10.8 Å². The average molecular weight is 362 g/mol. The van der Waals surface area contributed by atoms with Crippen LogP contribution in [0.1, 0.15) is 31.7 Å². The summed E-state index contributed by atoms with van der Waals surface area (Å²) in [5.41, 5.74) is 0.522. The minimum absolute atomic E-state index is 0.102. The Bertz CT molecular complexity index is 1530. The van der Waals surface area contributed by atoms with E-state index >= 15 is 0 Å². The zero-order valence-corrected chi connectivity index (χ0v) is 15.6. The molecule has 0 spiro atoms. The predicted molar refractivity (Wildman–Crippen MR) is 118 cm³/mol. The Balaban J connectivity index is 2.03. The Kier molecular flexibility index (Phi) is 3.77. The molecular weight excluding hydrogens is 344 g/mol. The lowest BCUT2D eigenvalue weighted by atomic mass is 9.88. The van der Waals surface area contributed by atoms with Crippen LogP contribution < -0.4 is 10.9 Å². The molecule has 134 valence electrons. The molecule has 0 aliphatic rings. The van der Waals surface area contributed by atoms with Gasteiger partial charge in [-0.25, -0.2) is 0 Å². The highest BCUT2D eigenvalue weighted by molar-refractivity contribution is 6.33. The van der Waals surface area contributed by atoms with Crippen LogP contribution in [0.15, 0.2) is 64.2 Å². The number of hydrogen-bond acceptors (Lipinski definition) is 2. The predicted octanol–water partition coefficient (Wildman–Crippen LogP) is 5.44. The summed E-state index contributed by atoms with van der Waals surface area (Å²) in [4.78, 5) is 26.0. The molecule has 0 bridgehead atoms. The molecule has 0 fully saturated rings. The molecule has 0 saturated heterocycles. The van der Waals surface area contributed by atoms with Crippen molar-refractivity contribution in [1.29, 1.82) is 0 Å². The lowest BCUT2D eigenvalue weighted by Crippen LogP contribution is -2.09. The topological polar surface area (TPSA) is 34.1 Å². The standard InChI is InChI=1S/C26H18O2/c1-2-3-4-5-8-17-15-22(28)26-24-18(17)10-7-12-20(24)19-11-6-9-16-13-14-21(27)25(26)23(16)19/h6-7,9-15H,2-4H2,1H3. The fourth-order valence-corrected chi connectivity index (χ4v) is 4.28. The van der Waals surface area contributed by atoms with Gasteiger partial charge in [0.1, 0.15) is 0 Å². The molecule has 0 heterocycles. The fraction of sp³-hybridized carbons (Fsp3) is 0.154. The molecule has 0 aromatic heterocycles.